The largest absolute Gasteiger partial charge is 0.476 e. The Balaban J connectivity index is 1.42. The summed E-state index contributed by atoms with van der Waals surface area (Å²) in [6.45, 7) is 8.45. The first-order chi connectivity index (χ1) is 18.7. The van der Waals surface area contributed by atoms with E-state index in [2.05, 4.69) is 89.6 Å². The maximum Gasteiger partial charge on any atom is 0.265 e. The lowest BCUT2D eigenvalue weighted by molar-refractivity contribution is 0.276. The molecule has 7 nitrogen and oxygen atoms in total. The van der Waals surface area contributed by atoms with Gasteiger partial charge in [-0.05, 0) is 21.7 Å². The van der Waals surface area contributed by atoms with Crippen molar-refractivity contribution in [1.82, 2.24) is 20.3 Å². The number of H-pyrrole nitrogens is 1. The number of pyridine rings is 1. The van der Waals surface area contributed by atoms with Crippen LogP contribution >= 0.6 is 23.4 Å². The molecule has 0 radical (unpaired) electrons. The van der Waals surface area contributed by atoms with Crippen LogP contribution in [0, 0.1) is 5.82 Å². The van der Waals surface area contributed by atoms with Gasteiger partial charge >= 0.3 is 0 Å². The number of nitrogens with one attached hydrogen (secondary N) is 2. The SMILES string of the molecule is CSc1nc2c(F)c(Cl)nc(OCCNCCO[Si](c3ccccc3)(c3ccccc3)C(C)(C)C)c2c(=O)[nH]1. The molecular formula is C28H32ClFN4O3SSi. The zero-order valence-electron chi connectivity index (χ0n) is 22.4. The summed E-state index contributed by atoms with van der Waals surface area (Å²) in [6.07, 6.45) is 1.73. The third-order valence-electron chi connectivity index (χ3n) is 6.43. The summed E-state index contributed by atoms with van der Waals surface area (Å²) in [5.41, 5.74) is -0.696. The van der Waals surface area contributed by atoms with Crippen LogP contribution in [0.4, 0.5) is 4.39 Å². The highest BCUT2D eigenvalue weighted by molar-refractivity contribution is 7.98. The number of halogens is 2. The first kappa shape index (κ1) is 29.2. The van der Waals surface area contributed by atoms with E-state index in [4.69, 9.17) is 20.8 Å². The van der Waals surface area contributed by atoms with E-state index in [1.54, 1.807) is 6.26 Å². The molecule has 0 bridgehead atoms. The molecule has 11 heteroatoms. The number of nitrogens with zero attached hydrogens (tertiary/aromatic N) is 2. The highest BCUT2D eigenvalue weighted by atomic mass is 35.5. The Bertz CT molecular complexity index is 1430. The van der Waals surface area contributed by atoms with Crippen LogP contribution in [0.25, 0.3) is 10.9 Å². The molecular weight excluding hydrogens is 555 g/mol. The van der Waals surface area contributed by atoms with E-state index in [0.29, 0.717) is 19.7 Å². The number of fused-ring (bicyclic) bond motifs is 1. The molecule has 0 aliphatic carbocycles. The van der Waals surface area contributed by atoms with Gasteiger partial charge in [-0.3, -0.25) is 4.79 Å². The Morgan fingerprint density at radius 2 is 1.59 bits per heavy atom. The summed E-state index contributed by atoms with van der Waals surface area (Å²) >= 11 is 7.14. The van der Waals surface area contributed by atoms with Crippen molar-refractivity contribution >= 4 is 53.0 Å². The summed E-state index contributed by atoms with van der Waals surface area (Å²) in [7, 11) is -2.61. The van der Waals surface area contributed by atoms with Crippen LogP contribution in [0.3, 0.4) is 0 Å². The van der Waals surface area contributed by atoms with Crippen LogP contribution in [-0.4, -0.2) is 55.8 Å². The monoisotopic (exact) mass is 586 g/mol. The average Bonchev–Trinajstić information content (AvgIpc) is 2.92. The molecule has 0 aliphatic heterocycles. The molecule has 0 amide bonds. The fourth-order valence-corrected chi connectivity index (χ4v) is 9.79. The number of ether oxygens (including phenoxy) is 1. The second-order valence-electron chi connectivity index (χ2n) is 9.93. The van der Waals surface area contributed by atoms with Crippen molar-refractivity contribution in [2.75, 3.05) is 32.6 Å². The molecule has 4 aromatic rings. The Morgan fingerprint density at radius 1 is 1.00 bits per heavy atom. The second-order valence-corrected chi connectivity index (χ2v) is 15.4. The van der Waals surface area contributed by atoms with Gasteiger partial charge in [0, 0.05) is 19.7 Å². The normalized spacial score (nSPS) is 12.2. The van der Waals surface area contributed by atoms with E-state index in [-0.39, 0.29) is 33.6 Å². The number of thioether (sulfide) groups is 1. The lowest BCUT2D eigenvalue weighted by atomic mass is 10.2. The van der Waals surface area contributed by atoms with E-state index in [0.717, 1.165) is 0 Å². The molecule has 0 saturated heterocycles. The van der Waals surface area contributed by atoms with Gasteiger partial charge in [0.1, 0.15) is 17.5 Å². The van der Waals surface area contributed by atoms with Gasteiger partial charge in [0.05, 0.1) is 0 Å². The zero-order valence-corrected chi connectivity index (χ0v) is 25.0. The minimum absolute atomic E-state index is 0.0526. The standard InChI is InChI=1S/C28H32ClFN4O3SSi/c1-28(2,3)39(19-11-7-5-8-12-19,20-13-9-6-10-14-20)37-18-16-31-15-17-36-26-21-23(22(30)24(29)33-26)32-27(38-4)34-25(21)35/h5-14,31H,15-18H2,1-4H3,(H,32,34,35). The maximum absolute atomic E-state index is 14.5. The molecule has 0 unspecified atom stereocenters. The number of rotatable bonds is 11. The second kappa shape index (κ2) is 12.6. The number of hydrogen-bond donors (Lipinski definition) is 2. The fourth-order valence-electron chi connectivity index (χ4n) is 4.69. The van der Waals surface area contributed by atoms with Gasteiger partial charge < -0.3 is 19.5 Å². The number of benzene rings is 2. The predicted molar refractivity (Wildman–Crippen MR) is 159 cm³/mol. The van der Waals surface area contributed by atoms with E-state index < -0.39 is 24.8 Å². The summed E-state index contributed by atoms with van der Waals surface area (Å²) in [5.74, 6) is -0.901. The summed E-state index contributed by atoms with van der Waals surface area (Å²) in [5, 5.41) is 5.48. The highest BCUT2D eigenvalue weighted by Crippen LogP contribution is 2.36. The van der Waals surface area contributed by atoms with Crippen LogP contribution in [0.5, 0.6) is 5.88 Å². The number of aromatic nitrogens is 3. The van der Waals surface area contributed by atoms with Gasteiger partial charge in [0.15, 0.2) is 16.1 Å². The summed E-state index contributed by atoms with van der Waals surface area (Å²) < 4.78 is 27.1. The Morgan fingerprint density at radius 3 is 2.15 bits per heavy atom. The van der Waals surface area contributed by atoms with E-state index >= 15 is 0 Å². The maximum atomic E-state index is 14.5. The highest BCUT2D eigenvalue weighted by Gasteiger charge is 2.49. The van der Waals surface area contributed by atoms with Crippen LogP contribution in [0.15, 0.2) is 70.6 Å². The lowest BCUT2D eigenvalue weighted by Gasteiger charge is -2.43. The molecule has 206 valence electrons. The Kier molecular flexibility index (Phi) is 9.45. The van der Waals surface area contributed by atoms with Gasteiger partial charge in [-0.2, -0.15) is 4.98 Å². The quantitative estimate of drug-likeness (QED) is 0.0886. The van der Waals surface area contributed by atoms with Crippen LogP contribution < -0.4 is 26.0 Å². The average molecular weight is 587 g/mol. The minimum atomic E-state index is -2.61. The van der Waals surface area contributed by atoms with Crippen LogP contribution in [-0.2, 0) is 4.43 Å². The van der Waals surface area contributed by atoms with E-state index in [1.807, 2.05) is 12.1 Å². The van der Waals surface area contributed by atoms with Crippen molar-refractivity contribution in [2.24, 2.45) is 0 Å². The predicted octanol–water partition coefficient (Wildman–Crippen LogP) is 4.38. The van der Waals surface area contributed by atoms with Gasteiger partial charge in [-0.15, -0.1) is 0 Å². The van der Waals surface area contributed by atoms with E-state index in [1.165, 1.54) is 22.1 Å². The van der Waals surface area contributed by atoms with Crippen molar-refractivity contribution in [3.8, 4) is 5.88 Å². The van der Waals surface area contributed by atoms with Gasteiger partial charge in [-0.25, -0.2) is 9.37 Å². The lowest BCUT2D eigenvalue weighted by Crippen LogP contribution is -2.67. The van der Waals surface area contributed by atoms with Crippen molar-refractivity contribution in [1.29, 1.82) is 0 Å². The van der Waals surface area contributed by atoms with Gasteiger partial charge in [0.2, 0.25) is 5.88 Å². The van der Waals surface area contributed by atoms with Crippen molar-refractivity contribution < 1.29 is 13.6 Å². The third kappa shape index (κ3) is 6.20. The molecule has 2 heterocycles. The first-order valence-corrected chi connectivity index (χ1v) is 16.1. The van der Waals surface area contributed by atoms with E-state index in [9.17, 15) is 9.18 Å². The molecule has 0 saturated carbocycles. The molecule has 0 fully saturated rings. The fraction of sp³-hybridized carbons (Fsp3) is 0.321. The molecule has 2 aromatic heterocycles. The number of hydrogen-bond acceptors (Lipinski definition) is 7. The van der Waals surface area contributed by atoms with Gasteiger partial charge in [-0.1, -0.05) is 105 Å². The van der Waals surface area contributed by atoms with Crippen LogP contribution in [0.2, 0.25) is 10.2 Å². The summed E-state index contributed by atoms with van der Waals surface area (Å²) in [4.78, 5) is 23.2. The molecule has 2 aromatic carbocycles. The Hall–Kier alpha value is -2.76. The first-order valence-electron chi connectivity index (χ1n) is 12.6. The molecule has 0 spiro atoms. The molecule has 0 atom stereocenters. The van der Waals surface area contributed by atoms with Crippen molar-refractivity contribution in [3.05, 3.63) is 82.0 Å². The Labute approximate surface area is 237 Å². The molecule has 39 heavy (non-hydrogen) atoms. The van der Waals surface area contributed by atoms with Crippen molar-refractivity contribution in [2.45, 2.75) is 31.0 Å². The topological polar surface area (TPSA) is 89.1 Å². The van der Waals surface area contributed by atoms with Crippen molar-refractivity contribution in [3.63, 3.8) is 0 Å². The smallest absolute Gasteiger partial charge is 0.265 e. The molecule has 2 N–H and O–H groups in total. The number of aromatic amines is 1. The van der Waals surface area contributed by atoms with Gasteiger partial charge in [0.25, 0.3) is 13.9 Å². The third-order valence-corrected chi connectivity index (χ3v) is 12.3. The molecule has 0 aliphatic rings. The zero-order chi connectivity index (χ0) is 28.0. The molecule has 4 rings (SSSR count). The summed E-state index contributed by atoms with van der Waals surface area (Å²) in [6, 6.07) is 20.9. The minimum Gasteiger partial charge on any atom is -0.476 e. The van der Waals surface area contributed by atoms with Crippen LogP contribution in [0.1, 0.15) is 20.8 Å².